The van der Waals surface area contributed by atoms with Gasteiger partial charge in [0, 0.05) is 17.8 Å². The number of hydrogen-bond donors (Lipinski definition) is 1. The van der Waals surface area contributed by atoms with Crippen LogP contribution in [0.1, 0.15) is 49.2 Å². The van der Waals surface area contributed by atoms with Crippen molar-refractivity contribution < 1.29 is 14.3 Å². The number of benzene rings is 2. The fraction of sp³-hybridized carbons (Fsp3) is 0.417. The van der Waals surface area contributed by atoms with Gasteiger partial charge in [0.05, 0.1) is 11.1 Å². The molecule has 29 heavy (non-hydrogen) atoms. The van der Waals surface area contributed by atoms with E-state index in [0.29, 0.717) is 41.8 Å². The molecule has 0 aromatic heterocycles. The molecule has 0 saturated carbocycles. The van der Waals surface area contributed by atoms with E-state index in [1.165, 1.54) is 0 Å². The molecule has 1 heterocycles. The number of carbonyl (C=O) groups is 2. The molecule has 0 aliphatic carbocycles. The number of anilines is 2. The van der Waals surface area contributed by atoms with Gasteiger partial charge in [-0.25, -0.2) is 0 Å². The quantitative estimate of drug-likeness (QED) is 0.797. The Morgan fingerprint density at radius 2 is 1.90 bits per heavy atom. The third-order valence-corrected chi connectivity index (χ3v) is 5.09. The third-order valence-electron chi connectivity index (χ3n) is 5.09. The van der Waals surface area contributed by atoms with Gasteiger partial charge in [-0.05, 0) is 63.4 Å². The van der Waals surface area contributed by atoms with E-state index in [-0.39, 0.29) is 11.8 Å². The van der Waals surface area contributed by atoms with Crippen LogP contribution >= 0.6 is 0 Å². The Labute approximate surface area is 173 Å². The molecular formula is C24H30N2O3. The Morgan fingerprint density at radius 1 is 1.17 bits per heavy atom. The van der Waals surface area contributed by atoms with Gasteiger partial charge in [-0.15, -0.1) is 0 Å². The second kappa shape index (κ2) is 7.90. The number of rotatable bonds is 4. The third kappa shape index (κ3) is 4.44. The molecule has 0 fully saturated rings. The minimum absolute atomic E-state index is 0.0304. The summed E-state index contributed by atoms with van der Waals surface area (Å²) in [5.41, 5.74) is 3.41. The van der Waals surface area contributed by atoms with Crippen molar-refractivity contribution in [2.45, 2.75) is 41.5 Å². The zero-order valence-corrected chi connectivity index (χ0v) is 18.1. The van der Waals surface area contributed by atoms with E-state index >= 15 is 0 Å². The summed E-state index contributed by atoms with van der Waals surface area (Å²) in [4.78, 5) is 27.7. The summed E-state index contributed by atoms with van der Waals surface area (Å²) >= 11 is 0. The molecular weight excluding hydrogens is 364 g/mol. The van der Waals surface area contributed by atoms with Gasteiger partial charge in [0.15, 0.2) is 0 Å². The van der Waals surface area contributed by atoms with Gasteiger partial charge >= 0.3 is 0 Å². The Bertz CT molecular complexity index is 947. The van der Waals surface area contributed by atoms with Crippen molar-refractivity contribution in [3.05, 3.63) is 53.1 Å². The SMILES string of the molecule is Cc1ccc(C(=O)Nc2ccc3c(c2)N(CC(C)C)C(=O)C(C)(C)CO3)c(C)c1. The van der Waals surface area contributed by atoms with Crippen molar-refractivity contribution in [3.63, 3.8) is 0 Å². The van der Waals surface area contributed by atoms with Crippen LogP contribution < -0.4 is 15.0 Å². The fourth-order valence-corrected chi connectivity index (χ4v) is 3.54. The predicted molar refractivity (Wildman–Crippen MR) is 117 cm³/mol. The van der Waals surface area contributed by atoms with Gasteiger partial charge in [-0.2, -0.15) is 0 Å². The Morgan fingerprint density at radius 3 is 2.55 bits per heavy atom. The van der Waals surface area contributed by atoms with E-state index in [4.69, 9.17) is 4.74 Å². The number of fused-ring (bicyclic) bond motifs is 1. The van der Waals surface area contributed by atoms with Crippen LogP contribution in [0.4, 0.5) is 11.4 Å². The first-order valence-electron chi connectivity index (χ1n) is 10.1. The molecule has 0 bridgehead atoms. The summed E-state index contributed by atoms with van der Waals surface area (Å²) in [6, 6.07) is 11.2. The normalized spacial score (nSPS) is 15.6. The minimum Gasteiger partial charge on any atom is -0.490 e. The molecule has 0 radical (unpaired) electrons. The molecule has 0 unspecified atom stereocenters. The smallest absolute Gasteiger partial charge is 0.255 e. The monoisotopic (exact) mass is 394 g/mol. The highest BCUT2D eigenvalue weighted by atomic mass is 16.5. The number of ether oxygens (including phenoxy) is 1. The van der Waals surface area contributed by atoms with E-state index in [9.17, 15) is 9.59 Å². The molecule has 0 saturated heterocycles. The van der Waals surface area contributed by atoms with Crippen LogP contribution in [0.3, 0.4) is 0 Å². The topological polar surface area (TPSA) is 58.6 Å². The van der Waals surface area contributed by atoms with Gasteiger partial charge in [0.2, 0.25) is 5.91 Å². The van der Waals surface area contributed by atoms with Crippen LogP contribution in [-0.2, 0) is 4.79 Å². The number of nitrogens with one attached hydrogen (secondary N) is 1. The van der Waals surface area contributed by atoms with E-state index in [1.807, 2.05) is 64.1 Å². The molecule has 2 aromatic carbocycles. The van der Waals surface area contributed by atoms with Crippen molar-refractivity contribution >= 4 is 23.2 Å². The van der Waals surface area contributed by atoms with Crippen molar-refractivity contribution in [1.29, 1.82) is 0 Å². The average molecular weight is 395 g/mol. The molecule has 0 atom stereocenters. The van der Waals surface area contributed by atoms with E-state index in [1.54, 1.807) is 4.90 Å². The van der Waals surface area contributed by atoms with Crippen LogP contribution in [-0.4, -0.2) is 25.0 Å². The standard InChI is InChI=1S/C24H30N2O3/c1-15(2)13-26-20-12-18(8-10-21(20)29-14-24(5,6)23(26)28)25-22(27)19-9-7-16(3)11-17(19)4/h7-12,15H,13-14H2,1-6H3,(H,25,27). The summed E-state index contributed by atoms with van der Waals surface area (Å²) < 4.78 is 5.95. The van der Waals surface area contributed by atoms with Crippen molar-refractivity contribution in [1.82, 2.24) is 0 Å². The highest BCUT2D eigenvalue weighted by Gasteiger charge is 2.38. The zero-order chi connectivity index (χ0) is 21.3. The van der Waals surface area contributed by atoms with Gasteiger partial charge in [-0.3, -0.25) is 9.59 Å². The molecule has 5 heteroatoms. The molecule has 1 aliphatic rings. The summed E-state index contributed by atoms with van der Waals surface area (Å²) in [6.45, 7) is 12.8. The molecule has 2 amide bonds. The maximum absolute atomic E-state index is 13.2. The molecule has 3 rings (SSSR count). The van der Waals surface area contributed by atoms with Crippen molar-refractivity contribution in [2.75, 3.05) is 23.4 Å². The number of carbonyl (C=O) groups excluding carboxylic acids is 2. The zero-order valence-electron chi connectivity index (χ0n) is 18.1. The number of nitrogens with zero attached hydrogens (tertiary/aromatic N) is 1. The predicted octanol–water partition coefficient (Wildman–Crippen LogP) is 4.96. The number of aryl methyl sites for hydroxylation is 2. The first-order chi connectivity index (χ1) is 13.6. The molecule has 2 aromatic rings. The molecule has 154 valence electrons. The second-order valence-corrected chi connectivity index (χ2v) is 8.94. The van der Waals surface area contributed by atoms with Crippen LogP contribution in [0.2, 0.25) is 0 Å². The number of hydrogen-bond acceptors (Lipinski definition) is 3. The first kappa shape index (κ1) is 20.9. The van der Waals surface area contributed by atoms with Crippen LogP contribution in [0, 0.1) is 25.2 Å². The van der Waals surface area contributed by atoms with Gasteiger partial charge in [-0.1, -0.05) is 31.5 Å². The Kier molecular flexibility index (Phi) is 5.69. The van der Waals surface area contributed by atoms with Crippen LogP contribution in [0.15, 0.2) is 36.4 Å². The van der Waals surface area contributed by atoms with Crippen LogP contribution in [0.5, 0.6) is 5.75 Å². The first-order valence-corrected chi connectivity index (χ1v) is 10.1. The Hall–Kier alpha value is -2.82. The van der Waals surface area contributed by atoms with Gasteiger partial charge in [0.25, 0.3) is 5.91 Å². The Balaban J connectivity index is 1.94. The lowest BCUT2D eigenvalue weighted by Crippen LogP contribution is -2.43. The second-order valence-electron chi connectivity index (χ2n) is 8.94. The summed E-state index contributed by atoms with van der Waals surface area (Å²) in [5, 5.41) is 2.97. The lowest BCUT2D eigenvalue weighted by molar-refractivity contribution is -0.127. The van der Waals surface area contributed by atoms with E-state index in [2.05, 4.69) is 19.2 Å². The van der Waals surface area contributed by atoms with Gasteiger partial charge < -0.3 is 15.0 Å². The van der Waals surface area contributed by atoms with Gasteiger partial charge in [0.1, 0.15) is 12.4 Å². The summed E-state index contributed by atoms with van der Waals surface area (Å²) in [6.07, 6.45) is 0. The maximum atomic E-state index is 13.2. The highest BCUT2D eigenvalue weighted by Crippen LogP contribution is 2.38. The van der Waals surface area contributed by atoms with E-state index in [0.717, 1.165) is 11.1 Å². The largest absolute Gasteiger partial charge is 0.490 e. The van der Waals surface area contributed by atoms with Crippen molar-refractivity contribution in [2.24, 2.45) is 11.3 Å². The highest BCUT2D eigenvalue weighted by molar-refractivity contribution is 6.06. The number of amides is 2. The molecule has 1 N–H and O–H groups in total. The lowest BCUT2D eigenvalue weighted by atomic mass is 9.92. The fourth-order valence-electron chi connectivity index (χ4n) is 3.54. The summed E-state index contributed by atoms with van der Waals surface area (Å²) in [7, 11) is 0. The lowest BCUT2D eigenvalue weighted by Gasteiger charge is -2.29. The summed E-state index contributed by atoms with van der Waals surface area (Å²) in [5.74, 6) is 0.824. The molecule has 5 nitrogen and oxygen atoms in total. The van der Waals surface area contributed by atoms with E-state index < -0.39 is 5.41 Å². The molecule has 0 spiro atoms. The molecule has 1 aliphatic heterocycles. The minimum atomic E-state index is -0.615. The maximum Gasteiger partial charge on any atom is 0.255 e. The average Bonchev–Trinajstić information content (AvgIpc) is 2.72. The van der Waals surface area contributed by atoms with Crippen molar-refractivity contribution in [3.8, 4) is 5.75 Å². The van der Waals surface area contributed by atoms with Crippen LogP contribution in [0.25, 0.3) is 0 Å².